The van der Waals surface area contributed by atoms with Crippen LogP contribution in [0.25, 0.3) is 0 Å². The van der Waals surface area contributed by atoms with Gasteiger partial charge in [0.2, 0.25) is 11.8 Å². The number of amides is 2. The van der Waals surface area contributed by atoms with Crippen LogP contribution in [0.3, 0.4) is 0 Å². The van der Waals surface area contributed by atoms with Crippen LogP contribution in [0.15, 0.2) is 53.4 Å². The predicted molar refractivity (Wildman–Crippen MR) is 121 cm³/mol. The molecule has 0 radical (unpaired) electrons. The highest BCUT2D eigenvalue weighted by molar-refractivity contribution is 7.98. The smallest absolute Gasteiger partial charge is 0.227 e. The van der Waals surface area contributed by atoms with Crippen LogP contribution in [0.2, 0.25) is 0 Å². The van der Waals surface area contributed by atoms with Gasteiger partial charge in [-0.1, -0.05) is 12.1 Å². The summed E-state index contributed by atoms with van der Waals surface area (Å²) in [5, 5.41) is 2.97. The summed E-state index contributed by atoms with van der Waals surface area (Å²) in [4.78, 5) is 27.9. The van der Waals surface area contributed by atoms with E-state index in [0.29, 0.717) is 19.7 Å². The second-order valence-electron chi connectivity index (χ2n) is 7.91. The molecule has 2 aromatic rings. The summed E-state index contributed by atoms with van der Waals surface area (Å²) in [7, 11) is 0. The highest BCUT2D eigenvalue weighted by Gasteiger charge is 2.35. The Balaban J connectivity index is 1.25. The third kappa shape index (κ3) is 5.60. The Hall–Kier alpha value is -2.51. The molecule has 2 saturated heterocycles. The molecule has 2 unspecified atom stereocenters. The lowest BCUT2D eigenvalue weighted by Gasteiger charge is -2.17. The number of hydrogen-bond donors (Lipinski definition) is 1. The van der Waals surface area contributed by atoms with Crippen molar-refractivity contribution in [3.63, 3.8) is 0 Å². The molecular weight excluding hydrogens is 412 g/mol. The average molecular weight is 441 g/mol. The van der Waals surface area contributed by atoms with Crippen LogP contribution in [-0.2, 0) is 20.9 Å². The minimum Gasteiger partial charge on any atom is -0.491 e. The lowest BCUT2D eigenvalue weighted by molar-refractivity contribution is -0.126. The van der Waals surface area contributed by atoms with Gasteiger partial charge in [-0.25, -0.2) is 0 Å². The Labute approximate surface area is 187 Å². The summed E-state index contributed by atoms with van der Waals surface area (Å²) in [6.07, 6.45) is 4.60. The van der Waals surface area contributed by atoms with Crippen molar-refractivity contribution in [3.05, 3.63) is 54.1 Å². The van der Waals surface area contributed by atoms with Crippen molar-refractivity contribution < 1.29 is 19.1 Å². The van der Waals surface area contributed by atoms with Crippen molar-refractivity contribution >= 4 is 29.3 Å². The standard InChI is InChI=1S/C24H28N2O4S/c1-31-22-10-6-19(7-11-22)26-15-18(13-23(26)27)24(28)25-14-17-4-8-20(9-5-17)30-16-21-3-2-12-29-21/h4-11,18,21H,2-3,12-16H2,1H3,(H,25,28). The molecule has 2 fully saturated rings. The summed E-state index contributed by atoms with van der Waals surface area (Å²) >= 11 is 1.66. The minimum absolute atomic E-state index is 0.00945. The van der Waals surface area contributed by atoms with Crippen LogP contribution < -0.4 is 15.0 Å². The third-order valence-electron chi connectivity index (χ3n) is 5.73. The molecule has 0 aromatic heterocycles. The molecule has 2 aliphatic heterocycles. The molecule has 0 aliphatic carbocycles. The first-order chi connectivity index (χ1) is 15.1. The van der Waals surface area contributed by atoms with Crippen molar-refractivity contribution in [2.45, 2.75) is 36.8 Å². The minimum atomic E-state index is -0.332. The predicted octanol–water partition coefficient (Wildman–Crippen LogP) is 3.64. The van der Waals surface area contributed by atoms with Gasteiger partial charge in [-0.3, -0.25) is 9.59 Å². The van der Waals surface area contributed by atoms with Gasteiger partial charge in [-0.2, -0.15) is 0 Å². The Morgan fingerprint density at radius 2 is 1.97 bits per heavy atom. The van der Waals surface area contributed by atoms with Gasteiger partial charge >= 0.3 is 0 Å². The molecule has 2 aliphatic rings. The Morgan fingerprint density at radius 3 is 2.65 bits per heavy atom. The zero-order valence-corrected chi connectivity index (χ0v) is 18.5. The van der Waals surface area contributed by atoms with E-state index in [9.17, 15) is 9.59 Å². The van der Waals surface area contributed by atoms with Crippen molar-refractivity contribution in [1.82, 2.24) is 5.32 Å². The van der Waals surface area contributed by atoms with Gasteiger partial charge in [-0.15, -0.1) is 11.8 Å². The second kappa shape index (κ2) is 10.2. The molecule has 31 heavy (non-hydrogen) atoms. The molecule has 0 spiro atoms. The van der Waals surface area contributed by atoms with Gasteiger partial charge in [0.25, 0.3) is 0 Å². The molecule has 0 saturated carbocycles. The first-order valence-electron chi connectivity index (χ1n) is 10.7. The van der Waals surface area contributed by atoms with E-state index in [-0.39, 0.29) is 30.3 Å². The fraction of sp³-hybridized carbons (Fsp3) is 0.417. The van der Waals surface area contributed by atoms with E-state index < -0.39 is 0 Å². The Morgan fingerprint density at radius 1 is 1.19 bits per heavy atom. The van der Waals surface area contributed by atoms with Crippen molar-refractivity contribution in [2.75, 3.05) is 30.9 Å². The fourth-order valence-corrected chi connectivity index (χ4v) is 4.31. The van der Waals surface area contributed by atoms with Crippen LogP contribution in [0.4, 0.5) is 5.69 Å². The monoisotopic (exact) mass is 440 g/mol. The molecule has 2 heterocycles. The maximum absolute atomic E-state index is 12.6. The number of nitrogens with one attached hydrogen (secondary N) is 1. The number of nitrogens with zero attached hydrogens (tertiary/aromatic N) is 1. The van der Waals surface area contributed by atoms with Crippen LogP contribution in [0, 0.1) is 5.92 Å². The zero-order valence-electron chi connectivity index (χ0n) is 17.7. The SMILES string of the molecule is CSc1ccc(N2CC(C(=O)NCc3ccc(OCC4CCCO4)cc3)CC2=O)cc1. The van der Waals surface area contributed by atoms with Crippen LogP contribution in [0.1, 0.15) is 24.8 Å². The largest absolute Gasteiger partial charge is 0.491 e. The third-order valence-corrected chi connectivity index (χ3v) is 6.47. The van der Waals surface area contributed by atoms with Crippen molar-refractivity contribution in [1.29, 1.82) is 0 Å². The van der Waals surface area contributed by atoms with Crippen LogP contribution in [0.5, 0.6) is 5.75 Å². The van der Waals surface area contributed by atoms with Gasteiger partial charge in [0, 0.05) is 36.7 Å². The lowest BCUT2D eigenvalue weighted by Crippen LogP contribution is -2.32. The number of rotatable bonds is 8. The number of carbonyl (C=O) groups is 2. The maximum atomic E-state index is 12.6. The average Bonchev–Trinajstić information content (AvgIpc) is 3.46. The van der Waals surface area contributed by atoms with E-state index in [1.807, 2.05) is 54.8 Å². The molecule has 7 heteroatoms. The van der Waals surface area contributed by atoms with Gasteiger partial charge in [0.15, 0.2) is 0 Å². The van der Waals surface area contributed by atoms with E-state index in [1.165, 1.54) is 0 Å². The summed E-state index contributed by atoms with van der Waals surface area (Å²) in [5.74, 6) is 0.372. The van der Waals surface area contributed by atoms with Crippen LogP contribution in [-0.4, -0.2) is 43.9 Å². The van der Waals surface area contributed by atoms with E-state index in [4.69, 9.17) is 9.47 Å². The summed E-state index contributed by atoms with van der Waals surface area (Å²) < 4.78 is 11.3. The van der Waals surface area contributed by atoms with Gasteiger partial charge in [-0.05, 0) is 61.1 Å². The van der Waals surface area contributed by atoms with Crippen molar-refractivity contribution in [2.24, 2.45) is 5.92 Å². The number of ether oxygens (including phenoxy) is 2. The lowest BCUT2D eigenvalue weighted by atomic mass is 10.1. The fourth-order valence-electron chi connectivity index (χ4n) is 3.90. The number of thioether (sulfide) groups is 1. The highest BCUT2D eigenvalue weighted by Crippen LogP contribution is 2.27. The summed E-state index contributed by atoms with van der Waals surface area (Å²) in [5.41, 5.74) is 1.84. The number of carbonyl (C=O) groups excluding carboxylic acids is 2. The van der Waals surface area contributed by atoms with E-state index in [2.05, 4.69) is 5.32 Å². The summed E-state index contributed by atoms with van der Waals surface area (Å²) in [6.45, 7) is 2.24. The molecule has 2 aromatic carbocycles. The number of benzene rings is 2. The highest BCUT2D eigenvalue weighted by atomic mass is 32.2. The van der Waals surface area contributed by atoms with Gasteiger partial charge in [0.05, 0.1) is 12.0 Å². The second-order valence-corrected chi connectivity index (χ2v) is 8.79. The molecular formula is C24H28N2O4S. The van der Waals surface area contributed by atoms with E-state index in [0.717, 1.165) is 41.3 Å². The van der Waals surface area contributed by atoms with Gasteiger partial charge < -0.3 is 19.7 Å². The van der Waals surface area contributed by atoms with Gasteiger partial charge in [0.1, 0.15) is 12.4 Å². The van der Waals surface area contributed by atoms with Crippen LogP contribution >= 0.6 is 11.8 Å². The van der Waals surface area contributed by atoms with Crippen molar-refractivity contribution in [3.8, 4) is 5.75 Å². The van der Waals surface area contributed by atoms with E-state index in [1.54, 1.807) is 16.7 Å². The first kappa shape index (κ1) is 21.7. The normalized spacial score (nSPS) is 20.8. The maximum Gasteiger partial charge on any atom is 0.227 e. The first-order valence-corrected chi connectivity index (χ1v) is 11.9. The molecule has 4 rings (SSSR count). The zero-order chi connectivity index (χ0) is 21.6. The molecule has 2 amide bonds. The molecule has 6 nitrogen and oxygen atoms in total. The number of hydrogen-bond acceptors (Lipinski definition) is 5. The molecule has 0 bridgehead atoms. The summed E-state index contributed by atoms with van der Waals surface area (Å²) in [6, 6.07) is 15.6. The molecule has 1 N–H and O–H groups in total. The number of anilines is 1. The topological polar surface area (TPSA) is 67.9 Å². The quantitative estimate of drug-likeness (QED) is 0.635. The Kier molecular flexibility index (Phi) is 7.14. The molecule has 164 valence electrons. The van der Waals surface area contributed by atoms with E-state index >= 15 is 0 Å². The Bertz CT molecular complexity index is 895. The molecule has 2 atom stereocenters.